The van der Waals surface area contributed by atoms with Gasteiger partial charge in [0.1, 0.15) is 0 Å². The number of halogens is 1. The van der Waals surface area contributed by atoms with Crippen molar-refractivity contribution in [2.45, 2.75) is 46.0 Å². The molecule has 0 aliphatic heterocycles. The van der Waals surface area contributed by atoms with Crippen LogP contribution in [0.25, 0.3) is 0 Å². The van der Waals surface area contributed by atoms with E-state index in [9.17, 15) is 4.79 Å². The molecule has 118 valence electrons. The Morgan fingerprint density at radius 2 is 2.00 bits per heavy atom. The summed E-state index contributed by atoms with van der Waals surface area (Å²) in [7, 11) is 0. The highest BCUT2D eigenvalue weighted by Crippen LogP contribution is 2.31. The van der Waals surface area contributed by atoms with E-state index in [2.05, 4.69) is 5.32 Å². The lowest BCUT2D eigenvalue weighted by molar-refractivity contribution is -0.128. The smallest absolute Gasteiger partial charge is 0.233 e. The Hall–Kier alpha value is -0.650. The molecular weight excluding hydrogens is 324 g/mol. The molecule has 3 N–H and O–H groups in total. The molecule has 0 saturated carbocycles. The molecule has 0 saturated heterocycles. The van der Waals surface area contributed by atoms with E-state index in [1.54, 1.807) is 0 Å². The minimum Gasteiger partial charge on any atom is -0.392 e. The lowest BCUT2D eigenvalue weighted by Crippen LogP contribution is -2.49. The fourth-order valence-electron chi connectivity index (χ4n) is 2.52. The van der Waals surface area contributed by atoms with Crippen LogP contribution in [0.15, 0.2) is 12.1 Å². The molecule has 0 aliphatic rings. The normalized spacial score (nSPS) is 11.4. The highest BCUT2D eigenvalue weighted by atomic mass is 35.5. The lowest BCUT2D eigenvalue weighted by Gasteiger charge is -2.31. The summed E-state index contributed by atoms with van der Waals surface area (Å²) in [4.78, 5) is 14.0. The van der Waals surface area contributed by atoms with Crippen molar-refractivity contribution in [1.29, 1.82) is 0 Å². The van der Waals surface area contributed by atoms with E-state index in [1.165, 1.54) is 11.3 Å². The summed E-state index contributed by atoms with van der Waals surface area (Å²) in [5.74, 6) is -0.0404. The van der Waals surface area contributed by atoms with Gasteiger partial charge in [-0.2, -0.15) is 0 Å². The number of thiophene rings is 1. The molecule has 0 atom stereocenters. The topological polar surface area (TPSA) is 55.1 Å². The molecular formula is C15H23ClN2OS2. The summed E-state index contributed by atoms with van der Waals surface area (Å²) in [5, 5.41) is 2.99. The summed E-state index contributed by atoms with van der Waals surface area (Å²) >= 11 is 12.6. The Balaban J connectivity index is 2.65. The number of carbonyl (C=O) groups is 1. The van der Waals surface area contributed by atoms with E-state index in [0.29, 0.717) is 24.4 Å². The van der Waals surface area contributed by atoms with Crippen LogP contribution in [-0.2, 0) is 11.2 Å². The van der Waals surface area contributed by atoms with Gasteiger partial charge in [-0.15, -0.1) is 11.3 Å². The number of rotatable bonds is 9. The van der Waals surface area contributed by atoms with Crippen molar-refractivity contribution in [3.63, 3.8) is 0 Å². The molecule has 1 aromatic heterocycles. The average molecular weight is 347 g/mol. The van der Waals surface area contributed by atoms with E-state index in [1.807, 2.05) is 26.0 Å². The second-order valence-electron chi connectivity index (χ2n) is 5.16. The first kappa shape index (κ1) is 18.4. The molecule has 0 fully saturated rings. The van der Waals surface area contributed by atoms with Crippen LogP contribution in [0, 0.1) is 5.41 Å². The van der Waals surface area contributed by atoms with Crippen LogP contribution in [0.2, 0.25) is 4.34 Å². The Labute approximate surface area is 141 Å². The molecule has 1 aromatic rings. The predicted molar refractivity (Wildman–Crippen MR) is 95.1 cm³/mol. The molecule has 3 nitrogen and oxygen atoms in total. The van der Waals surface area contributed by atoms with Gasteiger partial charge in [-0.25, -0.2) is 0 Å². The second kappa shape index (κ2) is 8.71. The standard InChI is InChI=1S/C15H23ClN2OS2/c1-3-8-15(9-4-2,13(17)20)14(19)18-10-7-11-5-6-12(16)21-11/h5-6H,3-4,7-10H2,1-2H3,(H2,17,20)(H,18,19). The number of hydrogen-bond donors (Lipinski definition) is 2. The molecule has 0 radical (unpaired) electrons. The zero-order valence-corrected chi connectivity index (χ0v) is 15.0. The SMILES string of the molecule is CCCC(CCC)(C(=O)NCCc1ccc(Cl)s1)C(N)=S. The van der Waals surface area contributed by atoms with Crippen LogP contribution in [0.1, 0.15) is 44.4 Å². The number of carbonyl (C=O) groups excluding carboxylic acids is 1. The van der Waals surface area contributed by atoms with Gasteiger partial charge >= 0.3 is 0 Å². The molecule has 6 heteroatoms. The average Bonchev–Trinajstić information content (AvgIpc) is 2.83. The fourth-order valence-corrected chi connectivity index (χ4v) is 3.90. The van der Waals surface area contributed by atoms with Crippen LogP contribution < -0.4 is 11.1 Å². The summed E-state index contributed by atoms with van der Waals surface area (Å²) in [6, 6.07) is 3.86. The Bertz CT molecular complexity index is 482. The van der Waals surface area contributed by atoms with E-state index >= 15 is 0 Å². The highest BCUT2D eigenvalue weighted by Gasteiger charge is 2.39. The van der Waals surface area contributed by atoms with Crippen molar-refractivity contribution in [2.24, 2.45) is 11.1 Å². The van der Waals surface area contributed by atoms with Gasteiger partial charge in [0.15, 0.2) is 0 Å². The van der Waals surface area contributed by atoms with Gasteiger partial charge in [0.2, 0.25) is 5.91 Å². The summed E-state index contributed by atoms with van der Waals surface area (Å²) in [6.45, 7) is 4.67. The van der Waals surface area contributed by atoms with Crippen LogP contribution in [0.3, 0.4) is 0 Å². The van der Waals surface area contributed by atoms with Gasteiger partial charge in [-0.1, -0.05) is 50.5 Å². The van der Waals surface area contributed by atoms with Gasteiger partial charge in [0.25, 0.3) is 0 Å². The first-order valence-corrected chi connectivity index (χ1v) is 8.89. The Kier molecular flexibility index (Phi) is 7.63. The quantitative estimate of drug-likeness (QED) is 0.666. The van der Waals surface area contributed by atoms with Crippen molar-refractivity contribution in [3.8, 4) is 0 Å². The van der Waals surface area contributed by atoms with Crippen LogP contribution in [-0.4, -0.2) is 17.4 Å². The number of thiocarbonyl (C=S) groups is 1. The molecule has 0 unspecified atom stereocenters. The van der Waals surface area contributed by atoms with Gasteiger partial charge in [-0.05, 0) is 31.4 Å². The number of nitrogens with two attached hydrogens (primary N) is 1. The van der Waals surface area contributed by atoms with Gasteiger partial charge in [0, 0.05) is 11.4 Å². The van der Waals surface area contributed by atoms with E-state index in [-0.39, 0.29) is 5.91 Å². The van der Waals surface area contributed by atoms with Crippen molar-refractivity contribution < 1.29 is 4.79 Å². The maximum atomic E-state index is 12.6. The first-order valence-electron chi connectivity index (χ1n) is 7.28. The van der Waals surface area contributed by atoms with Crippen molar-refractivity contribution in [3.05, 3.63) is 21.3 Å². The molecule has 0 spiro atoms. The summed E-state index contributed by atoms with van der Waals surface area (Å²) < 4.78 is 0.769. The van der Waals surface area contributed by atoms with Gasteiger partial charge < -0.3 is 11.1 Å². The highest BCUT2D eigenvalue weighted by molar-refractivity contribution is 7.80. The Morgan fingerprint density at radius 3 is 2.43 bits per heavy atom. The largest absolute Gasteiger partial charge is 0.392 e. The van der Waals surface area contributed by atoms with Crippen molar-refractivity contribution in [1.82, 2.24) is 5.32 Å². The molecule has 1 rings (SSSR count). The van der Waals surface area contributed by atoms with E-state index in [4.69, 9.17) is 29.6 Å². The second-order valence-corrected chi connectivity index (χ2v) is 7.40. The van der Waals surface area contributed by atoms with E-state index < -0.39 is 5.41 Å². The van der Waals surface area contributed by atoms with Gasteiger partial charge in [-0.3, -0.25) is 4.79 Å². The minimum absolute atomic E-state index is 0.0404. The molecule has 0 bridgehead atoms. The fraction of sp³-hybridized carbons (Fsp3) is 0.600. The van der Waals surface area contributed by atoms with Crippen LogP contribution in [0.5, 0.6) is 0 Å². The number of amides is 1. The van der Waals surface area contributed by atoms with Crippen LogP contribution >= 0.6 is 35.2 Å². The third-order valence-corrected chi connectivity index (χ3v) is 5.23. The molecule has 1 heterocycles. The van der Waals surface area contributed by atoms with Crippen LogP contribution in [0.4, 0.5) is 0 Å². The number of nitrogens with one attached hydrogen (secondary N) is 1. The molecule has 0 aliphatic carbocycles. The number of hydrogen-bond acceptors (Lipinski definition) is 3. The predicted octanol–water partition coefficient (Wildman–Crippen LogP) is 3.93. The monoisotopic (exact) mass is 346 g/mol. The molecule has 1 amide bonds. The summed E-state index contributed by atoms with van der Waals surface area (Å²) in [6.07, 6.45) is 3.94. The Morgan fingerprint density at radius 1 is 1.38 bits per heavy atom. The van der Waals surface area contributed by atoms with Gasteiger partial charge in [0.05, 0.1) is 14.7 Å². The van der Waals surface area contributed by atoms with E-state index in [0.717, 1.165) is 28.5 Å². The molecule has 21 heavy (non-hydrogen) atoms. The third-order valence-electron chi connectivity index (χ3n) is 3.55. The lowest BCUT2D eigenvalue weighted by atomic mass is 9.78. The zero-order valence-electron chi connectivity index (χ0n) is 12.6. The zero-order chi connectivity index (χ0) is 15.9. The minimum atomic E-state index is -0.702. The summed E-state index contributed by atoms with van der Waals surface area (Å²) in [5.41, 5.74) is 5.18. The maximum Gasteiger partial charge on any atom is 0.233 e. The maximum absolute atomic E-state index is 12.6. The third kappa shape index (κ3) is 4.94. The first-order chi connectivity index (χ1) is 9.96. The molecule has 0 aromatic carbocycles. The van der Waals surface area contributed by atoms with Crippen molar-refractivity contribution >= 4 is 46.1 Å². The van der Waals surface area contributed by atoms with Crippen molar-refractivity contribution in [2.75, 3.05) is 6.54 Å².